The molecular formula is C11H8BrF3O2. The molecule has 1 heterocycles. The number of rotatable bonds is 2. The Labute approximate surface area is 103 Å². The molecular weight excluding hydrogens is 301 g/mol. The van der Waals surface area contributed by atoms with Gasteiger partial charge < -0.3 is 9.52 Å². The molecule has 0 unspecified atom stereocenters. The van der Waals surface area contributed by atoms with Crippen molar-refractivity contribution in [3.8, 4) is 0 Å². The van der Waals surface area contributed by atoms with Crippen LogP contribution in [0.5, 0.6) is 0 Å². The average molecular weight is 309 g/mol. The van der Waals surface area contributed by atoms with Gasteiger partial charge in [-0.15, -0.1) is 0 Å². The summed E-state index contributed by atoms with van der Waals surface area (Å²) in [6.45, 7) is -0.231. The first kappa shape index (κ1) is 12.4. The van der Waals surface area contributed by atoms with E-state index in [-0.39, 0.29) is 12.2 Å². The molecule has 1 aromatic carbocycles. The molecule has 0 amide bonds. The summed E-state index contributed by atoms with van der Waals surface area (Å²) in [5.74, 6) is 0. The summed E-state index contributed by atoms with van der Waals surface area (Å²) in [6.07, 6.45) is -4.22. The van der Waals surface area contributed by atoms with Gasteiger partial charge in [-0.25, -0.2) is 0 Å². The van der Waals surface area contributed by atoms with Gasteiger partial charge in [0.1, 0.15) is 5.58 Å². The largest absolute Gasteiger partial charge is 0.463 e. The van der Waals surface area contributed by atoms with E-state index in [0.717, 1.165) is 6.26 Å². The number of aliphatic hydroxyl groups is 1. The molecule has 2 rings (SSSR count). The smallest absolute Gasteiger partial charge is 0.393 e. The average Bonchev–Trinajstić information content (AvgIpc) is 2.59. The third-order valence-electron chi connectivity index (χ3n) is 2.34. The third kappa shape index (κ3) is 2.63. The number of aliphatic hydroxyl groups excluding tert-OH is 1. The minimum Gasteiger partial charge on any atom is -0.463 e. The molecule has 0 spiro atoms. The second-order valence-electron chi connectivity index (χ2n) is 3.67. The predicted molar refractivity (Wildman–Crippen MR) is 59.6 cm³/mol. The van der Waals surface area contributed by atoms with Crippen LogP contribution in [0.1, 0.15) is 11.1 Å². The molecule has 0 fully saturated rings. The molecule has 0 saturated heterocycles. The van der Waals surface area contributed by atoms with Crippen LogP contribution in [0.25, 0.3) is 11.0 Å². The monoisotopic (exact) mass is 308 g/mol. The summed E-state index contributed by atoms with van der Waals surface area (Å²) < 4.78 is 42.6. The van der Waals surface area contributed by atoms with Crippen LogP contribution in [0.3, 0.4) is 0 Å². The Morgan fingerprint density at radius 1 is 1.29 bits per heavy atom. The molecule has 0 bridgehead atoms. The maximum absolute atomic E-state index is 12.3. The van der Waals surface area contributed by atoms with Gasteiger partial charge in [0, 0.05) is 10.9 Å². The summed E-state index contributed by atoms with van der Waals surface area (Å²) >= 11 is 3.20. The van der Waals surface area contributed by atoms with Crippen LogP contribution in [-0.4, -0.2) is 11.3 Å². The van der Waals surface area contributed by atoms with E-state index in [0.29, 0.717) is 21.0 Å². The van der Waals surface area contributed by atoms with E-state index in [2.05, 4.69) is 15.9 Å². The van der Waals surface area contributed by atoms with E-state index >= 15 is 0 Å². The summed E-state index contributed by atoms with van der Waals surface area (Å²) in [5.41, 5.74) is 0.971. The Morgan fingerprint density at radius 2 is 2.00 bits per heavy atom. The van der Waals surface area contributed by atoms with Crippen LogP contribution < -0.4 is 0 Å². The molecule has 2 aromatic rings. The van der Waals surface area contributed by atoms with E-state index in [9.17, 15) is 13.2 Å². The number of alkyl halides is 3. The SMILES string of the molecule is OCc1cc(Br)c2occ(CC(F)(F)F)c2c1. The topological polar surface area (TPSA) is 33.4 Å². The minimum atomic E-state index is -4.28. The van der Waals surface area contributed by atoms with Crippen molar-refractivity contribution in [2.45, 2.75) is 19.2 Å². The Bertz CT molecular complexity index is 545. The van der Waals surface area contributed by atoms with Gasteiger partial charge in [0.15, 0.2) is 0 Å². The van der Waals surface area contributed by atoms with Crippen LogP contribution in [0, 0.1) is 0 Å². The highest BCUT2D eigenvalue weighted by atomic mass is 79.9. The maximum Gasteiger partial charge on any atom is 0.393 e. The number of hydrogen-bond donors (Lipinski definition) is 1. The molecule has 1 aromatic heterocycles. The van der Waals surface area contributed by atoms with Gasteiger partial charge in [-0.3, -0.25) is 0 Å². The standard InChI is InChI=1S/C11H8BrF3O2/c12-9-2-6(4-16)1-8-7(3-11(13,14)15)5-17-10(8)9/h1-2,5,16H,3-4H2. The van der Waals surface area contributed by atoms with Gasteiger partial charge in [-0.1, -0.05) is 0 Å². The van der Waals surface area contributed by atoms with Crippen molar-refractivity contribution in [2.24, 2.45) is 0 Å². The van der Waals surface area contributed by atoms with E-state index in [1.165, 1.54) is 6.07 Å². The normalized spacial score (nSPS) is 12.3. The quantitative estimate of drug-likeness (QED) is 0.915. The van der Waals surface area contributed by atoms with Gasteiger partial charge in [0.05, 0.1) is 23.8 Å². The molecule has 92 valence electrons. The summed E-state index contributed by atoms with van der Waals surface area (Å²) in [6, 6.07) is 3.12. The van der Waals surface area contributed by atoms with Gasteiger partial charge >= 0.3 is 6.18 Å². The molecule has 2 nitrogen and oxygen atoms in total. The first-order valence-electron chi connectivity index (χ1n) is 4.77. The molecule has 1 N–H and O–H groups in total. The number of fused-ring (bicyclic) bond motifs is 1. The fourth-order valence-corrected chi connectivity index (χ4v) is 2.25. The maximum atomic E-state index is 12.3. The fourth-order valence-electron chi connectivity index (χ4n) is 1.65. The van der Waals surface area contributed by atoms with Crippen molar-refractivity contribution >= 4 is 26.9 Å². The second-order valence-corrected chi connectivity index (χ2v) is 4.52. The second kappa shape index (κ2) is 4.34. The van der Waals surface area contributed by atoms with E-state index in [1.54, 1.807) is 6.07 Å². The molecule has 0 aliphatic heterocycles. The predicted octanol–water partition coefficient (Wildman–Crippen LogP) is 3.79. The molecule has 0 aliphatic rings. The van der Waals surface area contributed by atoms with E-state index < -0.39 is 12.6 Å². The molecule has 0 atom stereocenters. The van der Waals surface area contributed by atoms with Crippen molar-refractivity contribution in [1.82, 2.24) is 0 Å². The first-order valence-corrected chi connectivity index (χ1v) is 5.56. The fraction of sp³-hybridized carbons (Fsp3) is 0.273. The zero-order valence-electron chi connectivity index (χ0n) is 8.51. The van der Waals surface area contributed by atoms with E-state index in [1.807, 2.05) is 0 Å². The summed E-state index contributed by atoms with van der Waals surface area (Å²) in [5, 5.41) is 9.38. The van der Waals surface area contributed by atoms with Crippen molar-refractivity contribution in [3.63, 3.8) is 0 Å². The van der Waals surface area contributed by atoms with Crippen molar-refractivity contribution < 1.29 is 22.7 Å². The van der Waals surface area contributed by atoms with Gasteiger partial charge in [0.25, 0.3) is 0 Å². The Hall–Kier alpha value is -1.01. The zero-order chi connectivity index (χ0) is 12.6. The zero-order valence-corrected chi connectivity index (χ0v) is 10.1. The lowest BCUT2D eigenvalue weighted by atomic mass is 10.1. The lowest BCUT2D eigenvalue weighted by Crippen LogP contribution is -2.10. The summed E-state index contributed by atoms with van der Waals surface area (Å²) in [4.78, 5) is 0. The van der Waals surface area contributed by atoms with Crippen LogP contribution in [0.15, 0.2) is 27.3 Å². The Kier molecular flexibility index (Phi) is 3.18. The van der Waals surface area contributed by atoms with Crippen LogP contribution in [-0.2, 0) is 13.0 Å². The first-order chi connectivity index (χ1) is 7.90. The number of hydrogen-bond acceptors (Lipinski definition) is 2. The number of furan rings is 1. The van der Waals surface area contributed by atoms with Crippen molar-refractivity contribution in [2.75, 3.05) is 0 Å². The number of benzene rings is 1. The van der Waals surface area contributed by atoms with Crippen LogP contribution in [0.4, 0.5) is 13.2 Å². The van der Waals surface area contributed by atoms with Crippen molar-refractivity contribution in [1.29, 1.82) is 0 Å². The Balaban J connectivity index is 2.55. The lowest BCUT2D eigenvalue weighted by molar-refractivity contribution is -0.127. The van der Waals surface area contributed by atoms with Crippen LogP contribution >= 0.6 is 15.9 Å². The number of halogens is 4. The summed E-state index contributed by atoms with van der Waals surface area (Å²) in [7, 11) is 0. The third-order valence-corrected chi connectivity index (χ3v) is 2.93. The molecule has 0 radical (unpaired) electrons. The van der Waals surface area contributed by atoms with Gasteiger partial charge in [-0.05, 0) is 33.6 Å². The highest BCUT2D eigenvalue weighted by Crippen LogP contribution is 2.33. The minimum absolute atomic E-state index is 0.0727. The van der Waals surface area contributed by atoms with E-state index in [4.69, 9.17) is 9.52 Å². The van der Waals surface area contributed by atoms with Gasteiger partial charge in [-0.2, -0.15) is 13.2 Å². The highest BCUT2D eigenvalue weighted by molar-refractivity contribution is 9.10. The van der Waals surface area contributed by atoms with Crippen LogP contribution in [0.2, 0.25) is 0 Å². The molecule has 17 heavy (non-hydrogen) atoms. The molecule has 0 aliphatic carbocycles. The highest BCUT2D eigenvalue weighted by Gasteiger charge is 2.29. The lowest BCUT2D eigenvalue weighted by Gasteiger charge is -2.05. The molecule has 0 saturated carbocycles. The Morgan fingerprint density at radius 3 is 2.59 bits per heavy atom. The molecule has 6 heteroatoms. The van der Waals surface area contributed by atoms with Gasteiger partial charge in [0.2, 0.25) is 0 Å². The van der Waals surface area contributed by atoms with Crippen molar-refractivity contribution in [3.05, 3.63) is 34.0 Å².